The molecule has 7 heteroatoms. The number of aromatic nitrogens is 2. The van der Waals surface area contributed by atoms with Crippen molar-refractivity contribution >= 4 is 28.1 Å². The number of hydrogen-bond donors (Lipinski definition) is 2. The zero-order valence-electron chi connectivity index (χ0n) is 16.9. The van der Waals surface area contributed by atoms with E-state index < -0.39 is 0 Å². The van der Waals surface area contributed by atoms with Gasteiger partial charge < -0.3 is 20.5 Å². The summed E-state index contributed by atoms with van der Waals surface area (Å²) in [7, 11) is 0. The van der Waals surface area contributed by atoms with Crippen LogP contribution in [-0.2, 0) is 30.2 Å². The molecule has 0 aliphatic carbocycles. The number of benzene rings is 3. The molecule has 0 radical (unpaired) electrons. The zero-order valence-corrected chi connectivity index (χ0v) is 18.0. The number of carbonyl (C=O) groups excluding carboxylic acids is 1. The van der Waals surface area contributed by atoms with Crippen molar-refractivity contribution in [1.29, 1.82) is 0 Å². The van der Waals surface area contributed by atoms with Gasteiger partial charge in [-0.25, -0.2) is 4.98 Å². The van der Waals surface area contributed by atoms with Crippen molar-refractivity contribution in [3.8, 4) is 0 Å². The van der Waals surface area contributed by atoms with Crippen molar-refractivity contribution < 1.29 is 21.9 Å². The fraction of sp³-hybridized carbons (Fsp3) is 0.167. The molecule has 5 rings (SSSR count). The summed E-state index contributed by atoms with van der Waals surface area (Å²) in [6, 6.07) is 19.9. The van der Waals surface area contributed by atoms with Crippen LogP contribution in [0.4, 0.5) is 11.4 Å². The number of nitrogens with two attached hydrogens (primary N) is 1. The third kappa shape index (κ3) is 4.15. The minimum absolute atomic E-state index is 0. The van der Waals surface area contributed by atoms with E-state index in [9.17, 15) is 4.79 Å². The summed E-state index contributed by atoms with van der Waals surface area (Å²) >= 11 is 0. The Morgan fingerprint density at radius 2 is 1.90 bits per heavy atom. The molecule has 3 aromatic carbocycles. The average molecular weight is 453 g/mol. The van der Waals surface area contributed by atoms with Crippen LogP contribution < -0.4 is 10.6 Å². The van der Waals surface area contributed by atoms with E-state index in [1.165, 1.54) is 0 Å². The normalized spacial score (nSPS) is 13.4. The number of H-pyrrole nitrogens is 1. The van der Waals surface area contributed by atoms with Gasteiger partial charge in [0.25, 0.3) is 5.91 Å². The SMILES string of the molecule is Nc1ccc2c(c1)N(Cc1cnc[nH]1)CCN(C(=O)c1cccc3ccccc13)C2.[Fe]. The Bertz CT molecular complexity index is 1200. The molecule has 1 aliphatic heterocycles. The van der Waals surface area contributed by atoms with Gasteiger partial charge in [-0.15, -0.1) is 0 Å². The van der Waals surface area contributed by atoms with E-state index in [0.717, 1.165) is 39.0 Å². The van der Waals surface area contributed by atoms with Crippen molar-refractivity contribution in [2.24, 2.45) is 0 Å². The number of imidazole rings is 1. The summed E-state index contributed by atoms with van der Waals surface area (Å²) in [6.45, 7) is 2.58. The Labute approximate surface area is 191 Å². The van der Waals surface area contributed by atoms with Gasteiger partial charge in [0.05, 0.1) is 18.6 Å². The zero-order chi connectivity index (χ0) is 20.5. The smallest absolute Gasteiger partial charge is 0.254 e. The van der Waals surface area contributed by atoms with Crippen molar-refractivity contribution in [3.05, 3.63) is 90.0 Å². The quantitative estimate of drug-likeness (QED) is 0.366. The summed E-state index contributed by atoms with van der Waals surface area (Å²) in [5.41, 5.74) is 10.7. The number of rotatable bonds is 3. The first-order valence-corrected chi connectivity index (χ1v) is 10.1. The van der Waals surface area contributed by atoms with Crippen molar-refractivity contribution in [3.63, 3.8) is 0 Å². The second-order valence-electron chi connectivity index (χ2n) is 7.64. The van der Waals surface area contributed by atoms with Crippen LogP contribution in [0.2, 0.25) is 0 Å². The molecule has 31 heavy (non-hydrogen) atoms. The average Bonchev–Trinajstić information content (AvgIpc) is 3.22. The molecule has 158 valence electrons. The molecule has 0 bridgehead atoms. The summed E-state index contributed by atoms with van der Waals surface area (Å²) in [5.74, 6) is 0.0537. The minimum Gasteiger partial charge on any atom is -0.399 e. The molecule has 1 aromatic heterocycles. The molecule has 0 saturated heterocycles. The Morgan fingerprint density at radius 3 is 2.74 bits per heavy atom. The number of nitrogens with one attached hydrogen (secondary N) is 1. The fourth-order valence-corrected chi connectivity index (χ4v) is 4.15. The van der Waals surface area contributed by atoms with E-state index in [1.807, 2.05) is 71.8 Å². The molecule has 4 aromatic rings. The largest absolute Gasteiger partial charge is 0.399 e. The third-order valence-corrected chi connectivity index (χ3v) is 5.67. The summed E-state index contributed by atoms with van der Waals surface area (Å²) in [6.07, 6.45) is 3.51. The molecule has 0 unspecified atom stereocenters. The van der Waals surface area contributed by atoms with Gasteiger partial charge in [0.15, 0.2) is 0 Å². The Morgan fingerprint density at radius 1 is 1.06 bits per heavy atom. The van der Waals surface area contributed by atoms with Gasteiger partial charge in [0.1, 0.15) is 0 Å². The number of hydrogen-bond acceptors (Lipinski definition) is 4. The van der Waals surface area contributed by atoms with Crippen LogP contribution in [0.3, 0.4) is 0 Å². The molecule has 3 N–H and O–H groups in total. The molecule has 6 nitrogen and oxygen atoms in total. The van der Waals surface area contributed by atoms with Crippen LogP contribution in [0.5, 0.6) is 0 Å². The van der Waals surface area contributed by atoms with Crippen molar-refractivity contribution in [2.75, 3.05) is 23.7 Å². The van der Waals surface area contributed by atoms with Gasteiger partial charge in [-0.1, -0.05) is 42.5 Å². The number of carbonyl (C=O) groups is 1. The second-order valence-corrected chi connectivity index (χ2v) is 7.64. The van der Waals surface area contributed by atoms with Crippen molar-refractivity contribution in [2.45, 2.75) is 13.1 Å². The molecule has 0 saturated carbocycles. The number of fused-ring (bicyclic) bond motifs is 2. The molecule has 1 amide bonds. The molecular formula is C24H23FeN5O. The first kappa shape index (κ1) is 21.0. The molecule has 0 fully saturated rings. The van der Waals surface area contributed by atoms with Gasteiger partial charge in [-0.2, -0.15) is 0 Å². The number of nitrogens with zero attached hydrogens (tertiary/aromatic N) is 3. The maximum absolute atomic E-state index is 13.5. The van der Waals surface area contributed by atoms with E-state index in [0.29, 0.717) is 26.2 Å². The molecule has 0 spiro atoms. The van der Waals surface area contributed by atoms with Gasteiger partial charge in [-0.05, 0) is 34.5 Å². The van der Waals surface area contributed by atoms with Crippen LogP contribution in [0.25, 0.3) is 10.8 Å². The maximum atomic E-state index is 13.5. The van der Waals surface area contributed by atoms with Crippen molar-refractivity contribution in [1.82, 2.24) is 14.9 Å². The standard InChI is InChI=1S/C24H23N5O.Fe/c25-19-9-8-18-14-29(11-10-28(23(18)12-19)15-20-13-26-16-27-20)24(30)22-7-3-5-17-4-1-2-6-21(17)22;/h1-9,12-13,16H,10-11,14-15,25H2,(H,26,27);. The number of anilines is 2. The van der Waals surface area contributed by atoms with Gasteiger partial charge in [-0.3, -0.25) is 4.79 Å². The number of nitrogen functional groups attached to an aromatic ring is 1. The van der Waals surface area contributed by atoms with Crippen LogP contribution in [0.1, 0.15) is 21.6 Å². The monoisotopic (exact) mass is 453 g/mol. The van der Waals surface area contributed by atoms with E-state index >= 15 is 0 Å². The second kappa shape index (κ2) is 8.84. The van der Waals surface area contributed by atoms with Gasteiger partial charge in [0, 0.05) is 59.8 Å². The van der Waals surface area contributed by atoms with Crippen LogP contribution >= 0.6 is 0 Å². The summed E-state index contributed by atoms with van der Waals surface area (Å²) in [4.78, 5) is 25.0. The molecule has 2 heterocycles. The Kier molecular flexibility index (Phi) is 5.98. The van der Waals surface area contributed by atoms with E-state index in [1.54, 1.807) is 6.33 Å². The minimum atomic E-state index is 0. The maximum Gasteiger partial charge on any atom is 0.254 e. The van der Waals surface area contributed by atoms with E-state index in [4.69, 9.17) is 5.73 Å². The third-order valence-electron chi connectivity index (χ3n) is 5.67. The Hall–Kier alpha value is -3.28. The number of aromatic amines is 1. The molecule has 0 atom stereocenters. The fourth-order valence-electron chi connectivity index (χ4n) is 4.15. The predicted molar refractivity (Wildman–Crippen MR) is 119 cm³/mol. The predicted octanol–water partition coefficient (Wildman–Crippen LogP) is 3.81. The van der Waals surface area contributed by atoms with Crippen LogP contribution in [-0.4, -0.2) is 33.9 Å². The number of amides is 1. The van der Waals surface area contributed by atoms with E-state index in [2.05, 4.69) is 14.9 Å². The van der Waals surface area contributed by atoms with Gasteiger partial charge in [0.2, 0.25) is 0 Å². The first-order valence-electron chi connectivity index (χ1n) is 10.1. The van der Waals surface area contributed by atoms with E-state index in [-0.39, 0.29) is 23.0 Å². The molecule has 1 aliphatic rings. The first-order chi connectivity index (χ1) is 14.7. The Balaban J connectivity index is 0.00000231. The summed E-state index contributed by atoms with van der Waals surface area (Å²) in [5, 5.41) is 2.06. The van der Waals surface area contributed by atoms with Crippen LogP contribution in [0, 0.1) is 0 Å². The topological polar surface area (TPSA) is 78.2 Å². The van der Waals surface area contributed by atoms with Crippen LogP contribution in [0.15, 0.2) is 73.2 Å². The molecular weight excluding hydrogens is 430 g/mol. The van der Waals surface area contributed by atoms with Gasteiger partial charge >= 0.3 is 0 Å². The summed E-state index contributed by atoms with van der Waals surface area (Å²) < 4.78 is 0.